The predicted octanol–water partition coefficient (Wildman–Crippen LogP) is 1.66. The molecule has 21 heavy (non-hydrogen) atoms. The Hall–Kier alpha value is -2.25. The van der Waals surface area contributed by atoms with Gasteiger partial charge in [-0.1, -0.05) is 6.07 Å². The van der Waals surface area contributed by atoms with Crippen molar-refractivity contribution in [1.29, 1.82) is 0 Å². The fourth-order valence-corrected chi connectivity index (χ4v) is 2.33. The number of phenols is 1. The zero-order valence-electron chi connectivity index (χ0n) is 11.4. The molecule has 2 aromatic rings. The van der Waals surface area contributed by atoms with Gasteiger partial charge >= 0.3 is 0 Å². The molecule has 2 rings (SSSR count). The topological polar surface area (TPSA) is 102 Å². The summed E-state index contributed by atoms with van der Waals surface area (Å²) in [5, 5.41) is 17.8. The number of aromatic hydroxyl groups is 1. The van der Waals surface area contributed by atoms with Crippen molar-refractivity contribution >= 4 is 15.7 Å². The zero-order valence-corrected chi connectivity index (χ0v) is 12.2. The molecule has 0 aromatic heterocycles. The van der Waals surface area contributed by atoms with Crippen LogP contribution in [-0.4, -0.2) is 20.6 Å². The van der Waals surface area contributed by atoms with Crippen molar-refractivity contribution in [1.82, 2.24) is 0 Å². The highest BCUT2D eigenvalue weighted by Crippen LogP contribution is 2.26. The number of phenolic OH excluding ortho intramolecular Hbond substituents is 1. The van der Waals surface area contributed by atoms with Gasteiger partial charge in [-0.2, -0.15) is 0 Å². The highest BCUT2D eigenvalue weighted by Gasteiger charge is 2.07. The maximum absolute atomic E-state index is 11.1. The van der Waals surface area contributed by atoms with E-state index in [4.69, 9.17) is 9.88 Å². The van der Waals surface area contributed by atoms with Crippen LogP contribution in [0.4, 0.5) is 5.69 Å². The van der Waals surface area contributed by atoms with Crippen molar-refractivity contribution in [3.05, 3.63) is 48.0 Å². The summed E-state index contributed by atoms with van der Waals surface area (Å²) in [4.78, 5) is 0.0649. The summed E-state index contributed by atoms with van der Waals surface area (Å²) in [6.07, 6.45) is 0. The molecule has 0 bridgehead atoms. The first kappa shape index (κ1) is 15.1. The lowest BCUT2D eigenvalue weighted by atomic mass is 10.2. The molecule has 0 radical (unpaired) electrons. The van der Waals surface area contributed by atoms with Gasteiger partial charge in [-0.25, -0.2) is 13.6 Å². The van der Waals surface area contributed by atoms with E-state index in [0.29, 0.717) is 12.3 Å². The molecular weight excluding hydrogens is 292 g/mol. The van der Waals surface area contributed by atoms with Gasteiger partial charge in [0, 0.05) is 12.2 Å². The average molecular weight is 308 g/mol. The second kappa shape index (κ2) is 6.02. The number of nitrogens with two attached hydrogens (primary N) is 1. The lowest BCUT2D eigenvalue weighted by Gasteiger charge is -2.09. The molecule has 2 aromatic carbocycles. The molecule has 0 aliphatic rings. The zero-order chi connectivity index (χ0) is 15.5. The van der Waals surface area contributed by atoms with E-state index in [0.717, 1.165) is 11.3 Å². The molecule has 0 aliphatic carbocycles. The first-order chi connectivity index (χ1) is 9.90. The normalized spacial score (nSPS) is 11.1. The van der Waals surface area contributed by atoms with Crippen LogP contribution in [0.15, 0.2) is 47.4 Å². The number of hydrogen-bond donors (Lipinski definition) is 3. The third-order valence-corrected chi connectivity index (χ3v) is 3.85. The predicted molar refractivity (Wildman–Crippen MR) is 79.8 cm³/mol. The van der Waals surface area contributed by atoms with Gasteiger partial charge in [-0.15, -0.1) is 0 Å². The number of benzene rings is 2. The third-order valence-electron chi connectivity index (χ3n) is 2.92. The molecule has 0 amide bonds. The SMILES string of the molecule is COc1ccc(CNc2ccc(S(N)(=O)=O)cc2)cc1O. The standard InChI is InChI=1S/C14H16N2O4S/c1-20-14-7-2-10(8-13(14)17)9-16-11-3-5-12(6-4-11)21(15,18)19/h2-8,16-17H,9H2,1H3,(H2,15,18,19). The maximum Gasteiger partial charge on any atom is 0.238 e. The fourth-order valence-electron chi connectivity index (χ4n) is 1.81. The highest BCUT2D eigenvalue weighted by molar-refractivity contribution is 7.89. The summed E-state index contributed by atoms with van der Waals surface area (Å²) < 4.78 is 27.2. The summed E-state index contributed by atoms with van der Waals surface area (Å²) in [6.45, 7) is 0.478. The van der Waals surface area contributed by atoms with Gasteiger partial charge in [0.25, 0.3) is 0 Å². The number of anilines is 1. The lowest BCUT2D eigenvalue weighted by Crippen LogP contribution is -2.12. The van der Waals surface area contributed by atoms with Crippen LogP contribution in [0, 0.1) is 0 Å². The van der Waals surface area contributed by atoms with Gasteiger partial charge in [0.05, 0.1) is 12.0 Å². The summed E-state index contributed by atoms with van der Waals surface area (Å²) >= 11 is 0. The van der Waals surface area contributed by atoms with E-state index in [1.165, 1.54) is 19.2 Å². The minimum absolute atomic E-state index is 0.0649. The van der Waals surface area contributed by atoms with Crippen LogP contribution in [0.3, 0.4) is 0 Å². The molecule has 7 heteroatoms. The van der Waals surface area contributed by atoms with Crippen LogP contribution in [0.2, 0.25) is 0 Å². The van der Waals surface area contributed by atoms with Gasteiger partial charge in [0.15, 0.2) is 11.5 Å². The summed E-state index contributed by atoms with van der Waals surface area (Å²) in [6, 6.07) is 11.2. The Balaban J connectivity index is 2.05. The summed E-state index contributed by atoms with van der Waals surface area (Å²) in [5.74, 6) is 0.484. The lowest BCUT2D eigenvalue weighted by molar-refractivity contribution is 0.373. The molecule has 4 N–H and O–H groups in total. The van der Waals surface area contributed by atoms with Crippen molar-refractivity contribution in [2.75, 3.05) is 12.4 Å². The Morgan fingerprint density at radius 2 is 1.86 bits per heavy atom. The quantitative estimate of drug-likeness (QED) is 0.779. The van der Waals surface area contributed by atoms with E-state index in [1.54, 1.807) is 24.3 Å². The minimum atomic E-state index is -3.67. The van der Waals surface area contributed by atoms with E-state index in [9.17, 15) is 13.5 Å². The number of nitrogens with one attached hydrogen (secondary N) is 1. The Morgan fingerprint density at radius 1 is 1.19 bits per heavy atom. The van der Waals surface area contributed by atoms with Crippen LogP contribution < -0.4 is 15.2 Å². The Morgan fingerprint density at radius 3 is 2.38 bits per heavy atom. The fraction of sp³-hybridized carbons (Fsp3) is 0.143. The Labute approximate surface area is 123 Å². The maximum atomic E-state index is 11.1. The van der Waals surface area contributed by atoms with E-state index >= 15 is 0 Å². The second-order valence-electron chi connectivity index (χ2n) is 4.43. The molecule has 112 valence electrons. The molecule has 0 atom stereocenters. The van der Waals surface area contributed by atoms with Crippen molar-refractivity contribution < 1.29 is 18.3 Å². The summed E-state index contributed by atoms with van der Waals surface area (Å²) in [7, 11) is -2.19. The number of ether oxygens (including phenoxy) is 1. The molecular formula is C14H16N2O4S. The van der Waals surface area contributed by atoms with Crippen molar-refractivity contribution in [2.24, 2.45) is 5.14 Å². The van der Waals surface area contributed by atoms with Crippen molar-refractivity contribution in [3.63, 3.8) is 0 Å². The molecule has 0 unspecified atom stereocenters. The van der Waals surface area contributed by atoms with Gasteiger partial charge < -0.3 is 15.2 Å². The summed E-state index contributed by atoms with van der Waals surface area (Å²) in [5.41, 5.74) is 1.61. The molecule has 0 saturated carbocycles. The van der Waals surface area contributed by atoms with Gasteiger partial charge in [0.2, 0.25) is 10.0 Å². The minimum Gasteiger partial charge on any atom is -0.504 e. The number of methoxy groups -OCH3 is 1. The molecule has 0 aliphatic heterocycles. The monoisotopic (exact) mass is 308 g/mol. The van der Waals surface area contributed by atoms with E-state index in [1.807, 2.05) is 6.07 Å². The first-order valence-electron chi connectivity index (χ1n) is 6.13. The van der Waals surface area contributed by atoms with E-state index in [-0.39, 0.29) is 10.6 Å². The number of primary sulfonamides is 1. The second-order valence-corrected chi connectivity index (χ2v) is 5.99. The van der Waals surface area contributed by atoms with Gasteiger partial charge in [0.1, 0.15) is 0 Å². The van der Waals surface area contributed by atoms with Crippen LogP contribution in [0.5, 0.6) is 11.5 Å². The average Bonchev–Trinajstić information content (AvgIpc) is 2.45. The van der Waals surface area contributed by atoms with Gasteiger partial charge in [-0.3, -0.25) is 0 Å². The Bertz CT molecular complexity index is 727. The smallest absolute Gasteiger partial charge is 0.238 e. The van der Waals surface area contributed by atoms with Crippen molar-refractivity contribution in [3.8, 4) is 11.5 Å². The van der Waals surface area contributed by atoms with Crippen LogP contribution in [0.25, 0.3) is 0 Å². The molecule has 0 spiro atoms. The number of hydrogen-bond acceptors (Lipinski definition) is 5. The van der Waals surface area contributed by atoms with Crippen LogP contribution >= 0.6 is 0 Å². The molecule has 0 fully saturated rings. The molecule has 6 nitrogen and oxygen atoms in total. The highest BCUT2D eigenvalue weighted by atomic mass is 32.2. The largest absolute Gasteiger partial charge is 0.504 e. The Kier molecular flexibility index (Phi) is 4.35. The van der Waals surface area contributed by atoms with Gasteiger partial charge in [-0.05, 0) is 42.0 Å². The van der Waals surface area contributed by atoms with E-state index < -0.39 is 10.0 Å². The first-order valence-corrected chi connectivity index (χ1v) is 7.67. The van der Waals surface area contributed by atoms with E-state index in [2.05, 4.69) is 5.32 Å². The number of sulfonamides is 1. The molecule has 0 saturated heterocycles. The number of rotatable bonds is 5. The van der Waals surface area contributed by atoms with Crippen LogP contribution in [0.1, 0.15) is 5.56 Å². The van der Waals surface area contributed by atoms with Crippen LogP contribution in [-0.2, 0) is 16.6 Å². The van der Waals surface area contributed by atoms with Crippen molar-refractivity contribution in [2.45, 2.75) is 11.4 Å². The third kappa shape index (κ3) is 3.87. The molecule has 0 heterocycles.